The number of nitrogens with zero attached hydrogens (tertiary/aromatic N) is 2. The molecule has 1 heterocycles. The lowest BCUT2D eigenvalue weighted by molar-refractivity contribution is -0.155. The summed E-state index contributed by atoms with van der Waals surface area (Å²) >= 11 is 0. The Morgan fingerprint density at radius 2 is 1.76 bits per heavy atom. The molecule has 6 fully saturated rings. The lowest BCUT2D eigenvalue weighted by Crippen LogP contribution is -2.60. The number of rotatable bonds is 6. The second-order valence-corrected chi connectivity index (χ2v) is 13.9. The molecule has 1 N–H and O–H groups in total. The summed E-state index contributed by atoms with van der Waals surface area (Å²) in [6, 6.07) is 5.60. The molecule has 6 aliphatic rings. The lowest BCUT2D eigenvalue weighted by atomic mass is 9.46. The van der Waals surface area contributed by atoms with Crippen LogP contribution >= 0.6 is 0 Å². The minimum absolute atomic E-state index is 0.0827. The number of hydrogen-bond donors (Lipinski definition) is 1. The predicted molar refractivity (Wildman–Crippen MR) is 139 cm³/mol. The molecule has 5 aliphatic carbocycles. The fourth-order valence-electron chi connectivity index (χ4n) is 8.81. The zero-order valence-corrected chi connectivity index (χ0v) is 22.8. The number of ether oxygens (including phenoxy) is 1. The molecular weight excluding hydrogens is 483 g/mol. The van der Waals surface area contributed by atoms with E-state index in [9.17, 15) is 20.0 Å². The molecule has 7 heteroatoms. The molecule has 4 bridgehead atoms. The van der Waals surface area contributed by atoms with Gasteiger partial charge in [-0.3, -0.25) is 4.79 Å². The zero-order chi connectivity index (χ0) is 27.0. The van der Waals surface area contributed by atoms with Gasteiger partial charge in [0, 0.05) is 12.6 Å². The van der Waals surface area contributed by atoms with Gasteiger partial charge in [0.25, 0.3) is 5.91 Å². The molecule has 1 aliphatic heterocycles. The Kier molecular flexibility index (Phi) is 5.87. The number of hydrogen-bond acceptors (Lipinski definition) is 4. The van der Waals surface area contributed by atoms with E-state index in [2.05, 4.69) is 6.07 Å². The van der Waals surface area contributed by atoms with E-state index in [1.165, 1.54) is 17.4 Å². The zero-order valence-electron chi connectivity index (χ0n) is 22.8. The number of carbonyl (C=O) groups excluding carboxylic acids is 1. The van der Waals surface area contributed by atoms with Crippen LogP contribution in [0.5, 0.6) is 5.75 Å². The molecule has 38 heavy (non-hydrogen) atoms. The molecule has 1 amide bonds. The van der Waals surface area contributed by atoms with Crippen molar-refractivity contribution in [1.29, 1.82) is 5.26 Å². The standard InChI is InChI=1S/C31H39FN2O4/c1-29(2,3)31(28(36)37)7-4-8-34(31)27(35)24-14-23(20-5-6-20)26(15-25(24)32)38-17-30(16-33)21-10-18-9-19(12-21)13-22(30)11-18/h14-15,18-22H,4-13,17H2,1-3H3,(H,36,37). The van der Waals surface area contributed by atoms with Crippen molar-refractivity contribution in [3.63, 3.8) is 0 Å². The van der Waals surface area contributed by atoms with Gasteiger partial charge < -0.3 is 14.7 Å². The van der Waals surface area contributed by atoms with Crippen LogP contribution in [0.15, 0.2) is 12.1 Å². The minimum atomic E-state index is -1.38. The summed E-state index contributed by atoms with van der Waals surface area (Å²) in [5.41, 5.74) is -1.90. The monoisotopic (exact) mass is 522 g/mol. The van der Waals surface area contributed by atoms with E-state index in [1.807, 2.05) is 20.8 Å². The third-order valence-corrected chi connectivity index (χ3v) is 10.8. The van der Waals surface area contributed by atoms with Crippen LogP contribution in [-0.4, -0.2) is 40.6 Å². The summed E-state index contributed by atoms with van der Waals surface area (Å²) < 4.78 is 22.0. The first-order chi connectivity index (χ1) is 18.0. The van der Waals surface area contributed by atoms with Crippen molar-refractivity contribution in [3.05, 3.63) is 29.1 Å². The van der Waals surface area contributed by atoms with Crippen molar-refractivity contribution in [3.8, 4) is 11.8 Å². The molecule has 1 atom stereocenters. The Balaban J connectivity index is 1.30. The van der Waals surface area contributed by atoms with Crippen LogP contribution in [0, 0.1) is 51.6 Å². The normalized spacial score (nSPS) is 35.8. The largest absolute Gasteiger partial charge is 0.491 e. The van der Waals surface area contributed by atoms with Gasteiger partial charge in [0.2, 0.25) is 0 Å². The number of halogens is 1. The molecule has 0 radical (unpaired) electrons. The summed E-state index contributed by atoms with van der Waals surface area (Å²) in [6.07, 6.45) is 8.47. The van der Waals surface area contributed by atoms with Crippen molar-refractivity contribution in [2.24, 2.45) is 34.5 Å². The van der Waals surface area contributed by atoms with Gasteiger partial charge in [-0.1, -0.05) is 20.8 Å². The highest BCUT2D eigenvalue weighted by molar-refractivity contribution is 5.99. The van der Waals surface area contributed by atoms with E-state index in [0.29, 0.717) is 30.4 Å². The number of carbonyl (C=O) groups is 2. The number of amides is 1. The van der Waals surface area contributed by atoms with E-state index in [0.717, 1.165) is 55.9 Å². The lowest BCUT2D eigenvalue weighted by Gasteiger charge is -2.58. The van der Waals surface area contributed by atoms with E-state index in [-0.39, 0.29) is 24.6 Å². The van der Waals surface area contributed by atoms with Crippen molar-refractivity contribution >= 4 is 11.9 Å². The molecule has 1 aromatic rings. The van der Waals surface area contributed by atoms with Gasteiger partial charge in [0.15, 0.2) is 0 Å². The smallest absolute Gasteiger partial charge is 0.330 e. The van der Waals surface area contributed by atoms with Crippen LogP contribution in [-0.2, 0) is 4.79 Å². The van der Waals surface area contributed by atoms with Gasteiger partial charge in [0.05, 0.1) is 17.0 Å². The maximum atomic E-state index is 15.7. The van der Waals surface area contributed by atoms with Crippen molar-refractivity contribution in [2.45, 2.75) is 90.0 Å². The molecule has 204 valence electrons. The molecular formula is C31H39FN2O4. The molecule has 7 rings (SSSR count). The Hall–Kier alpha value is -2.62. The molecule has 0 spiro atoms. The Bertz CT molecular complexity index is 1180. The maximum Gasteiger partial charge on any atom is 0.330 e. The SMILES string of the molecule is CC(C)(C)C1(C(=O)O)CCCN1C(=O)c1cc(C2CC2)c(OCC2(C#N)C3CC4CC(C3)CC2C4)cc1F. The fraction of sp³-hybridized carbons (Fsp3) is 0.710. The first kappa shape index (κ1) is 25.6. The maximum absolute atomic E-state index is 15.7. The number of carboxylic acid groups (broad SMARTS) is 1. The quantitative estimate of drug-likeness (QED) is 0.484. The first-order valence-corrected chi connectivity index (χ1v) is 14.4. The summed E-state index contributed by atoms with van der Waals surface area (Å²) in [7, 11) is 0. The van der Waals surface area contributed by atoms with Crippen molar-refractivity contribution in [2.75, 3.05) is 13.2 Å². The number of nitriles is 1. The van der Waals surface area contributed by atoms with Gasteiger partial charge in [-0.25, -0.2) is 9.18 Å². The van der Waals surface area contributed by atoms with Gasteiger partial charge >= 0.3 is 5.97 Å². The van der Waals surface area contributed by atoms with Crippen LogP contribution in [0.1, 0.15) is 100 Å². The van der Waals surface area contributed by atoms with Crippen molar-refractivity contribution < 1.29 is 23.8 Å². The van der Waals surface area contributed by atoms with Crippen LogP contribution in [0.25, 0.3) is 0 Å². The van der Waals surface area contributed by atoms with Gasteiger partial charge in [0.1, 0.15) is 23.7 Å². The van der Waals surface area contributed by atoms with Gasteiger partial charge in [-0.15, -0.1) is 0 Å². The van der Waals surface area contributed by atoms with Crippen LogP contribution in [0.4, 0.5) is 4.39 Å². The van der Waals surface area contributed by atoms with E-state index < -0.39 is 34.1 Å². The van der Waals surface area contributed by atoms with Crippen LogP contribution in [0.2, 0.25) is 0 Å². The Morgan fingerprint density at radius 1 is 1.13 bits per heavy atom. The molecule has 6 nitrogen and oxygen atoms in total. The molecule has 1 saturated heterocycles. The predicted octanol–water partition coefficient (Wildman–Crippen LogP) is 6.15. The highest BCUT2D eigenvalue weighted by Crippen LogP contribution is 2.62. The second kappa shape index (κ2) is 8.69. The van der Waals surface area contributed by atoms with E-state index >= 15 is 4.39 Å². The summed E-state index contributed by atoms with van der Waals surface area (Å²) in [5, 5.41) is 20.6. The molecule has 1 unspecified atom stereocenters. The first-order valence-electron chi connectivity index (χ1n) is 14.4. The van der Waals surface area contributed by atoms with Crippen molar-refractivity contribution in [1.82, 2.24) is 4.90 Å². The average Bonchev–Trinajstić information content (AvgIpc) is 3.58. The van der Waals surface area contributed by atoms with E-state index in [4.69, 9.17) is 4.74 Å². The Labute approximate surface area is 224 Å². The van der Waals surface area contributed by atoms with Gasteiger partial charge in [-0.05, 0) is 104 Å². The highest BCUT2D eigenvalue weighted by atomic mass is 19.1. The topological polar surface area (TPSA) is 90.6 Å². The number of benzene rings is 1. The molecule has 1 aromatic carbocycles. The average molecular weight is 523 g/mol. The van der Waals surface area contributed by atoms with E-state index in [1.54, 1.807) is 6.07 Å². The fourth-order valence-corrected chi connectivity index (χ4v) is 8.81. The molecule has 0 aromatic heterocycles. The number of likely N-dealkylation sites (tertiary alicyclic amines) is 1. The molecule has 5 saturated carbocycles. The minimum Gasteiger partial charge on any atom is -0.491 e. The summed E-state index contributed by atoms with van der Waals surface area (Å²) in [6.45, 7) is 6.03. The second-order valence-electron chi connectivity index (χ2n) is 13.9. The van der Waals surface area contributed by atoms with Crippen LogP contribution in [0.3, 0.4) is 0 Å². The number of carboxylic acids is 1. The Morgan fingerprint density at radius 3 is 2.29 bits per heavy atom. The number of aliphatic carboxylic acids is 1. The third-order valence-electron chi connectivity index (χ3n) is 10.8. The summed E-state index contributed by atoms with van der Waals surface area (Å²) in [4.78, 5) is 27.6. The highest BCUT2D eigenvalue weighted by Gasteiger charge is 2.59. The third kappa shape index (κ3) is 3.69. The van der Waals surface area contributed by atoms with Crippen LogP contribution < -0.4 is 4.74 Å². The van der Waals surface area contributed by atoms with Gasteiger partial charge in [-0.2, -0.15) is 5.26 Å². The summed E-state index contributed by atoms with van der Waals surface area (Å²) in [5.74, 6) is 0.486.